The lowest BCUT2D eigenvalue weighted by atomic mass is 10.1. The quantitative estimate of drug-likeness (QED) is 0.405. The minimum atomic E-state index is -0.367. The van der Waals surface area contributed by atoms with Gasteiger partial charge in [-0.05, 0) is 30.4 Å². The molecule has 4 N–H and O–H groups in total. The van der Waals surface area contributed by atoms with Gasteiger partial charge in [0.1, 0.15) is 11.5 Å². The summed E-state index contributed by atoms with van der Waals surface area (Å²) in [5.74, 6) is -0.367. The van der Waals surface area contributed by atoms with Crippen molar-refractivity contribution in [2.75, 3.05) is 48.7 Å². The van der Waals surface area contributed by atoms with Crippen LogP contribution in [0.25, 0.3) is 0 Å². The number of aromatic nitrogens is 1. The normalized spacial score (nSPS) is 17.8. The van der Waals surface area contributed by atoms with E-state index >= 15 is 0 Å². The molecule has 0 saturated carbocycles. The number of benzene rings is 1. The number of hydrogen-bond acceptors (Lipinski definition) is 6. The molecule has 0 bridgehead atoms. The van der Waals surface area contributed by atoms with Crippen molar-refractivity contribution in [3.05, 3.63) is 48.0 Å². The SMILES string of the molecule is Nc1cccc(N2CCN(C(=S)N/N=C3/CCNc4cc(F)cnc43)CC2)c1. The summed E-state index contributed by atoms with van der Waals surface area (Å²) in [6.45, 7) is 4.00. The van der Waals surface area contributed by atoms with Crippen molar-refractivity contribution in [1.29, 1.82) is 0 Å². The molecule has 0 amide bonds. The number of hydrogen-bond donors (Lipinski definition) is 3. The Balaban J connectivity index is 1.36. The fourth-order valence-electron chi connectivity index (χ4n) is 3.42. The Kier molecular flexibility index (Phi) is 5.25. The van der Waals surface area contributed by atoms with E-state index in [9.17, 15) is 4.39 Å². The summed E-state index contributed by atoms with van der Waals surface area (Å²) in [5.41, 5.74) is 12.9. The Hall–Kier alpha value is -2.94. The number of anilines is 3. The van der Waals surface area contributed by atoms with Crippen molar-refractivity contribution in [1.82, 2.24) is 15.3 Å². The van der Waals surface area contributed by atoms with Crippen LogP contribution in [-0.2, 0) is 0 Å². The Bertz CT molecular complexity index is 909. The molecule has 3 heterocycles. The summed E-state index contributed by atoms with van der Waals surface area (Å²) in [6.07, 6.45) is 1.90. The molecule has 1 saturated heterocycles. The van der Waals surface area contributed by atoms with Gasteiger partial charge in [0.05, 0.1) is 17.6 Å². The number of hydrazone groups is 1. The van der Waals surface area contributed by atoms with Gasteiger partial charge in [-0.2, -0.15) is 5.10 Å². The summed E-state index contributed by atoms with van der Waals surface area (Å²) in [5, 5.41) is 8.17. The standard InChI is InChI=1S/C19H22FN7S/c20-13-10-17-18(23-12-13)16(4-5-22-17)24-25-19(28)27-8-6-26(7-9-27)15-3-1-2-14(21)11-15/h1-3,10-12,22H,4-9,21H2,(H,25,28)/b24-16-. The number of thiocarbonyl (C=S) groups is 1. The molecule has 28 heavy (non-hydrogen) atoms. The van der Waals surface area contributed by atoms with E-state index in [2.05, 4.69) is 36.7 Å². The molecule has 0 spiro atoms. The molecular formula is C19H22FN7S. The van der Waals surface area contributed by atoms with Gasteiger partial charge in [-0.1, -0.05) is 6.07 Å². The molecule has 0 atom stereocenters. The van der Waals surface area contributed by atoms with Crippen LogP contribution in [0.15, 0.2) is 41.6 Å². The second-order valence-corrected chi connectivity index (χ2v) is 7.16. The number of nitrogens with one attached hydrogen (secondary N) is 2. The van der Waals surface area contributed by atoms with Crippen LogP contribution in [-0.4, -0.2) is 53.4 Å². The summed E-state index contributed by atoms with van der Waals surface area (Å²) in [7, 11) is 0. The maximum Gasteiger partial charge on any atom is 0.189 e. The molecule has 1 aromatic heterocycles. The number of pyridine rings is 1. The molecule has 7 nitrogen and oxygen atoms in total. The monoisotopic (exact) mass is 399 g/mol. The van der Waals surface area contributed by atoms with Gasteiger partial charge in [-0.15, -0.1) is 0 Å². The predicted octanol–water partition coefficient (Wildman–Crippen LogP) is 2.02. The zero-order valence-corrected chi connectivity index (χ0v) is 16.2. The first-order valence-electron chi connectivity index (χ1n) is 9.22. The largest absolute Gasteiger partial charge is 0.399 e. The zero-order valence-electron chi connectivity index (χ0n) is 15.4. The van der Waals surface area contributed by atoms with Gasteiger partial charge in [0, 0.05) is 56.6 Å². The lowest BCUT2D eigenvalue weighted by Gasteiger charge is -2.37. The number of piperazine rings is 1. The number of nitrogens with two attached hydrogens (primary N) is 1. The fraction of sp³-hybridized carbons (Fsp3) is 0.316. The number of nitrogen functional groups attached to an aromatic ring is 1. The van der Waals surface area contributed by atoms with Gasteiger partial charge in [0.2, 0.25) is 0 Å². The average Bonchev–Trinajstić information content (AvgIpc) is 2.72. The molecule has 146 valence electrons. The van der Waals surface area contributed by atoms with Crippen molar-refractivity contribution >= 4 is 40.1 Å². The lowest BCUT2D eigenvalue weighted by molar-refractivity contribution is 0.381. The number of rotatable bonds is 2. The van der Waals surface area contributed by atoms with Crippen LogP contribution < -0.4 is 21.4 Å². The smallest absolute Gasteiger partial charge is 0.189 e. The van der Waals surface area contributed by atoms with E-state index in [-0.39, 0.29) is 5.82 Å². The lowest BCUT2D eigenvalue weighted by Crippen LogP contribution is -2.51. The predicted molar refractivity (Wildman–Crippen MR) is 114 cm³/mol. The Morgan fingerprint density at radius 1 is 1.25 bits per heavy atom. The van der Waals surface area contributed by atoms with Crippen molar-refractivity contribution in [3.8, 4) is 0 Å². The maximum atomic E-state index is 13.4. The van der Waals surface area contributed by atoms with Crippen molar-refractivity contribution in [3.63, 3.8) is 0 Å². The van der Waals surface area contributed by atoms with E-state index in [0.29, 0.717) is 29.5 Å². The third-order valence-corrected chi connectivity index (χ3v) is 5.24. The summed E-state index contributed by atoms with van der Waals surface area (Å²) >= 11 is 5.51. The molecular weight excluding hydrogens is 377 g/mol. The molecule has 0 unspecified atom stereocenters. The Morgan fingerprint density at radius 3 is 2.86 bits per heavy atom. The van der Waals surface area contributed by atoms with Crippen molar-refractivity contribution < 1.29 is 4.39 Å². The molecule has 1 aromatic carbocycles. The van der Waals surface area contributed by atoms with Crippen LogP contribution in [0, 0.1) is 5.82 Å². The average molecular weight is 399 g/mol. The van der Waals surface area contributed by atoms with Crippen molar-refractivity contribution in [2.24, 2.45) is 5.10 Å². The maximum absolute atomic E-state index is 13.4. The molecule has 0 radical (unpaired) electrons. The second kappa shape index (κ2) is 7.97. The van der Waals surface area contributed by atoms with Crippen LogP contribution in [0.4, 0.5) is 21.5 Å². The molecule has 9 heteroatoms. The highest BCUT2D eigenvalue weighted by Gasteiger charge is 2.21. The second-order valence-electron chi connectivity index (χ2n) is 6.77. The zero-order chi connectivity index (χ0) is 19.5. The molecule has 1 fully saturated rings. The first-order valence-corrected chi connectivity index (χ1v) is 9.63. The van der Waals surface area contributed by atoms with Gasteiger partial charge in [0.25, 0.3) is 0 Å². The first-order chi connectivity index (χ1) is 13.6. The molecule has 2 aliphatic heterocycles. The summed E-state index contributed by atoms with van der Waals surface area (Å²) < 4.78 is 13.4. The molecule has 2 aromatic rings. The topological polar surface area (TPSA) is 81.8 Å². The number of nitrogens with zero attached hydrogens (tertiary/aromatic N) is 4. The minimum absolute atomic E-state index is 0.367. The van der Waals surface area contributed by atoms with Gasteiger partial charge in [0.15, 0.2) is 5.11 Å². The van der Waals surface area contributed by atoms with Gasteiger partial charge < -0.3 is 20.9 Å². The van der Waals surface area contributed by atoms with E-state index in [1.807, 2.05) is 18.2 Å². The molecule has 2 aliphatic rings. The van der Waals surface area contributed by atoms with Crippen LogP contribution in [0.2, 0.25) is 0 Å². The van der Waals surface area contributed by atoms with Crippen LogP contribution in [0.1, 0.15) is 12.1 Å². The van der Waals surface area contributed by atoms with Gasteiger partial charge >= 0.3 is 0 Å². The van der Waals surface area contributed by atoms with E-state index in [1.54, 1.807) is 0 Å². The minimum Gasteiger partial charge on any atom is -0.399 e. The fourth-order valence-corrected chi connectivity index (χ4v) is 3.65. The van der Waals surface area contributed by atoms with Gasteiger partial charge in [-0.3, -0.25) is 5.43 Å². The van der Waals surface area contributed by atoms with Gasteiger partial charge in [-0.25, -0.2) is 9.37 Å². The number of fused-ring (bicyclic) bond motifs is 1. The van der Waals surface area contributed by atoms with Crippen LogP contribution in [0.3, 0.4) is 0 Å². The highest BCUT2D eigenvalue weighted by molar-refractivity contribution is 7.80. The summed E-state index contributed by atoms with van der Waals surface area (Å²) in [6, 6.07) is 9.35. The third-order valence-electron chi connectivity index (χ3n) is 4.89. The van der Waals surface area contributed by atoms with Crippen molar-refractivity contribution in [2.45, 2.75) is 6.42 Å². The van der Waals surface area contributed by atoms with E-state index in [0.717, 1.165) is 43.3 Å². The Labute approximate surface area is 168 Å². The van der Waals surface area contributed by atoms with Crippen LogP contribution in [0.5, 0.6) is 0 Å². The third kappa shape index (κ3) is 3.99. The van der Waals surface area contributed by atoms with E-state index in [4.69, 9.17) is 18.0 Å². The Morgan fingerprint density at radius 2 is 2.07 bits per heavy atom. The highest BCUT2D eigenvalue weighted by atomic mass is 32.1. The highest BCUT2D eigenvalue weighted by Crippen LogP contribution is 2.21. The molecule has 0 aliphatic carbocycles. The number of halogens is 1. The first kappa shape index (κ1) is 18.4. The molecule has 4 rings (SSSR count). The van der Waals surface area contributed by atoms with E-state index < -0.39 is 0 Å². The van der Waals surface area contributed by atoms with E-state index in [1.165, 1.54) is 12.3 Å². The summed E-state index contributed by atoms with van der Waals surface area (Å²) in [4.78, 5) is 8.55. The van der Waals surface area contributed by atoms with Crippen LogP contribution >= 0.6 is 12.2 Å².